The molecule has 5 nitrogen and oxygen atoms in total. The minimum Gasteiger partial charge on any atom is -0.351 e. The lowest BCUT2D eigenvalue weighted by atomic mass is 10.2. The highest BCUT2D eigenvalue weighted by atomic mass is 35.5. The molecule has 0 aromatic heterocycles. The molecule has 0 atom stereocenters. The zero-order valence-corrected chi connectivity index (χ0v) is 13.8. The second kappa shape index (κ2) is 7.69. The summed E-state index contributed by atoms with van der Waals surface area (Å²) >= 11 is 5.74. The van der Waals surface area contributed by atoms with Gasteiger partial charge in [-0.15, -0.1) is 0 Å². The first-order valence-electron chi connectivity index (χ1n) is 6.77. The number of hydrogen-bond acceptors (Lipinski definition) is 3. The largest absolute Gasteiger partial charge is 0.351 e. The summed E-state index contributed by atoms with van der Waals surface area (Å²) in [6.07, 6.45) is 0. The molecule has 0 aliphatic rings. The predicted octanol–water partition coefficient (Wildman–Crippen LogP) is 2.33. The van der Waals surface area contributed by atoms with Gasteiger partial charge in [0.25, 0.3) is 5.91 Å². The van der Waals surface area contributed by atoms with E-state index in [1.165, 1.54) is 18.2 Å². The monoisotopic (exact) mass is 374 g/mol. The predicted molar refractivity (Wildman–Crippen MR) is 85.3 cm³/mol. The van der Waals surface area contributed by atoms with E-state index >= 15 is 0 Å². The fraction of sp³-hybridized carbons (Fsp3) is 0.133. The summed E-state index contributed by atoms with van der Waals surface area (Å²) in [6, 6.07) is 8.12. The summed E-state index contributed by atoms with van der Waals surface area (Å²) in [6.45, 7) is -0.158. The van der Waals surface area contributed by atoms with Gasteiger partial charge in [-0.05, 0) is 30.3 Å². The van der Waals surface area contributed by atoms with E-state index < -0.39 is 27.6 Å². The Morgan fingerprint density at radius 3 is 2.33 bits per heavy atom. The minimum absolute atomic E-state index is 0.00599. The topological polar surface area (TPSA) is 75.3 Å². The number of amides is 1. The molecule has 1 amide bonds. The molecule has 2 aromatic carbocycles. The molecule has 0 saturated heterocycles. The van der Waals surface area contributed by atoms with Gasteiger partial charge >= 0.3 is 0 Å². The van der Waals surface area contributed by atoms with E-state index in [2.05, 4.69) is 10.0 Å². The van der Waals surface area contributed by atoms with Crippen molar-refractivity contribution in [1.82, 2.24) is 10.0 Å². The van der Waals surface area contributed by atoms with Crippen molar-refractivity contribution in [3.8, 4) is 0 Å². The van der Waals surface area contributed by atoms with Gasteiger partial charge in [0, 0.05) is 29.7 Å². The van der Waals surface area contributed by atoms with Gasteiger partial charge in [0.05, 0.1) is 4.90 Å². The summed E-state index contributed by atoms with van der Waals surface area (Å²) in [5.41, 5.74) is -0.190. The molecule has 0 spiro atoms. The average Bonchev–Trinajstić information content (AvgIpc) is 2.50. The van der Waals surface area contributed by atoms with Crippen LogP contribution in [0.1, 0.15) is 10.4 Å². The van der Waals surface area contributed by atoms with Crippen LogP contribution in [0.25, 0.3) is 0 Å². The van der Waals surface area contributed by atoms with Crippen LogP contribution in [0.5, 0.6) is 0 Å². The Balaban J connectivity index is 1.89. The molecule has 0 aliphatic carbocycles. The van der Waals surface area contributed by atoms with Gasteiger partial charge in [0.1, 0.15) is 11.6 Å². The van der Waals surface area contributed by atoms with Crippen molar-refractivity contribution in [1.29, 1.82) is 0 Å². The van der Waals surface area contributed by atoms with Gasteiger partial charge in [-0.25, -0.2) is 21.9 Å². The molecule has 0 heterocycles. The molecule has 0 saturated carbocycles. The van der Waals surface area contributed by atoms with E-state index in [4.69, 9.17) is 11.6 Å². The summed E-state index contributed by atoms with van der Waals surface area (Å²) in [5.74, 6) is -2.46. The number of carbonyl (C=O) groups excluding carboxylic acids is 1. The van der Waals surface area contributed by atoms with Gasteiger partial charge in [0.2, 0.25) is 10.0 Å². The van der Waals surface area contributed by atoms with Crippen molar-refractivity contribution in [3.63, 3.8) is 0 Å². The highest BCUT2D eigenvalue weighted by Crippen LogP contribution is 2.14. The molecule has 24 heavy (non-hydrogen) atoms. The molecule has 2 rings (SSSR count). The lowest BCUT2D eigenvalue weighted by molar-refractivity contribution is 0.0953. The molecule has 0 fully saturated rings. The number of nitrogens with one attached hydrogen (secondary N) is 2. The first-order valence-corrected chi connectivity index (χ1v) is 8.63. The van der Waals surface area contributed by atoms with Crippen LogP contribution in [0.4, 0.5) is 8.78 Å². The fourth-order valence-corrected chi connectivity index (χ4v) is 3.20. The van der Waals surface area contributed by atoms with E-state index in [-0.39, 0.29) is 28.6 Å². The van der Waals surface area contributed by atoms with Gasteiger partial charge in [-0.1, -0.05) is 17.7 Å². The molecule has 2 N–H and O–H groups in total. The molecule has 0 bridgehead atoms. The van der Waals surface area contributed by atoms with E-state index in [1.807, 2.05) is 0 Å². The van der Waals surface area contributed by atoms with Crippen LogP contribution in [-0.4, -0.2) is 27.4 Å². The van der Waals surface area contributed by atoms with Crippen LogP contribution < -0.4 is 10.0 Å². The molecular formula is C15H13ClF2N2O3S. The lowest BCUT2D eigenvalue weighted by Crippen LogP contribution is -2.34. The van der Waals surface area contributed by atoms with Crippen LogP contribution in [0, 0.1) is 11.6 Å². The van der Waals surface area contributed by atoms with E-state index in [9.17, 15) is 22.0 Å². The van der Waals surface area contributed by atoms with Crippen molar-refractivity contribution < 1.29 is 22.0 Å². The summed E-state index contributed by atoms with van der Waals surface area (Å²) in [5, 5.41) is 2.64. The average molecular weight is 375 g/mol. The van der Waals surface area contributed by atoms with Crippen LogP contribution >= 0.6 is 11.6 Å². The number of sulfonamides is 1. The number of hydrogen-bond donors (Lipinski definition) is 2. The van der Waals surface area contributed by atoms with Gasteiger partial charge < -0.3 is 5.32 Å². The zero-order valence-electron chi connectivity index (χ0n) is 12.2. The SMILES string of the molecule is O=C(NCCNS(=O)(=O)c1cccc(Cl)c1)c1cc(F)cc(F)c1. The maximum absolute atomic E-state index is 13.0. The minimum atomic E-state index is -3.76. The molecule has 0 aliphatic heterocycles. The Morgan fingerprint density at radius 2 is 1.71 bits per heavy atom. The smallest absolute Gasteiger partial charge is 0.251 e. The maximum atomic E-state index is 13.0. The quantitative estimate of drug-likeness (QED) is 0.762. The van der Waals surface area contributed by atoms with Crippen LogP contribution in [0.3, 0.4) is 0 Å². The summed E-state index contributed by atoms with van der Waals surface area (Å²) < 4.78 is 52.4. The van der Waals surface area contributed by atoms with Crippen molar-refractivity contribution >= 4 is 27.5 Å². The second-order valence-corrected chi connectivity index (χ2v) is 6.97. The Morgan fingerprint density at radius 1 is 1.04 bits per heavy atom. The van der Waals surface area contributed by atoms with Crippen LogP contribution in [-0.2, 0) is 10.0 Å². The number of carbonyl (C=O) groups is 1. The number of halogens is 3. The third kappa shape index (κ3) is 4.98. The van der Waals surface area contributed by atoms with E-state index in [0.29, 0.717) is 6.07 Å². The van der Waals surface area contributed by atoms with Crippen LogP contribution in [0.2, 0.25) is 5.02 Å². The van der Waals surface area contributed by atoms with Crippen molar-refractivity contribution in [2.24, 2.45) is 0 Å². The highest BCUT2D eigenvalue weighted by molar-refractivity contribution is 7.89. The fourth-order valence-electron chi connectivity index (χ4n) is 1.87. The molecular weight excluding hydrogens is 362 g/mol. The highest BCUT2D eigenvalue weighted by Gasteiger charge is 2.14. The Bertz CT molecular complexity index is 839. The van der Waals surface area contributed by atoms with Gasteiger partial charge in [-0.3, -0.25) is 4.79 Å². The lowest BCUT2D eigenvalue weighted by Gasteiger charge is -2.08. The third-order valence-electron chi connectivity index (χ3n) is 2.93. The first-order chi connectivity index (χ1) is 11.3. The van der Waals surface area contributed by atoms with E-state index in [1.54, 1.807) is 6.07 Å². The second-order valence-electron chi connectivity index (χ2n) is 4.77. The van der Waals surface area contributed by atoms with Crippen molar-refractivity contribution in [3.05, 3.63) is 64.7 Å². The van der Waals surface area contributed by atoms with Gasteiger partial charge in [-0.2, -0.15) is 0 Å². The van der Waals surface area contributed by atoms with E-state index in [0.717, 1.165) is 12.1 Å². The van der Waals surface area contributed by atoms with Crippen molar-refractivity contribution in [2.45, 2.75) is 4.90 Å². The Kier molecular flexibility index (Phi) is 5.87. The normalized spacial score (nSPS) is 11.3. The molecule has 0 radical (unpaired) electrons. The maximum Gasteiger partial charge on any atom is 0.251 e. The molecule has 0 unspecified atom stereocenters. The molecule has 2 aromatic rings. The third-order valence-corrected chi connectivity index (χ3v) is 4.63. The summed E-state index contributed by atoms with van der Waals surface area (Å²) in [4.78, 5) is 11.7. The molecule has 128 valence electrons. The zero-order chi connectivity index (χ0) is 17.7. The van der Waals surface area contributed by atoms with Crippen LogP contribution in [0.15, 0.2) is 47.4 Å². The Hall–Kier alpha value is -2.03. The number of benzene rings is 2. The first kappa shape index (κ1) is 18.3. The van der Waals surface area contributed by atoms with Crippen molar-refractivity contribution in [2.75, 3.05) is 13.1 Å². The molecule has 9 heteroatoms. The Labute approximate surface area is 142 Å². The number of rotatable bonds is 6. The van der Waals surface area contributed by atoms with Gasteiger partial charge in [0.15, 0.2) is 0 Å². The standard InChI is InChI=1S/C15H13ClF2N2O3S/c16-11-2-1-3-14(8-11)24(22,23)20-5-4-19-15(21)10-6-12(17)9-13(18)7-10/h1-3,6-9,20H,4-5H2,(H,19,21). The summed E-state index contributed by atoms with van der Waals surface area (Å²) in [7, 11) is -3.76.